The highest BCUT2D eigenvalue weighted by atomic mass is 16.1. The number of hydrogen-bond acceptors (Lipinski definition) is 3. The number of aromatic nitrogens is 2. The summed E-state index contributed by atoms with van der Waals surface area (Å²) in [6.07, 6.45) is 2.47. The summed E-state index contributed by atoms with van der Waals surface area (Å²) in [7, 11) is 0. The number of fused-ring (bicyclic) bond motifs is 3. The molecule has 0 bridgehead atoms. The number of rotatable bonds is 4. The number of nitrogens with two attached hydrogens (primary N) is 1. The zero-order valence-electron chi connectivity index (χ0n) is 11.0. The quantitative estimate of drug-likeness (QED) is 0.631. The fraction of sp³-hybridized carbons (Fsp3) is 0.200. The summed E-state index contributed by atoms with van der Waals surface area (Å²) in [6.45, 7) is 1.14. The first kappa shape index (κ1) is 12.6. The van der Waals surface area contributed by atoms with Gasteiger partial charge in [-0.2, -0.15) is 0 Å². The van der Waals surface area contributed by atoms with Gasteiger partial charge in [0.1, 0.15) is 5.69 Å². The molecule has 0 saturated carbocycles. The molecule has 0 unspecified atom stereocenters. The Morgan fingerprint density at radius 1 is 1.25 bits per heavy atom. The smallest absolute Gasteiger partial charge is 0.269 e. The van der Waals surface area contributed by atoms with Gasteiger partial charge in [0.25, 0.3) is 5.91 Å². The number of aromatic amines is 1. The fourth-order valence-electron chi connectivity index (χ4n) is 2.27. The topological polar surface area (TPSA) is 83.8 Å². The SMILES string of the molecule is NCCCNC(=O)c1cc2c(cn1)[nH]c1ccccc12. The molecular formula is C15H16N4O. The molecule has 0 spiro atoms. The molecule has 1 aromatic carbocycles. The average molecular weight is 268 g/mol. The molecule has 5 nitrogen and oxygen atoms in total. The van der Waals surface area contributed by atoms with Crippen molar-refractivity contribution in [2.45, 2.75) is 6.42 Å². The van der Waals surface area contributed by atoms with Crippen LogP contribution in [0.15, 0.2) is 36.5 Å². The first-order valence-corrected chi connectivity index (χ1v) is 6.64. The van der Waals surface area contributed by atoms with Gasteiger partial charge in [0.2, 0.25) is 0 Å². The van der Waals surface area contributed by atoms with E-state index in [-0.39, 0.29) is 5.91 Å². The molecule has 3 rings (SSSR count). The monoisotopic (exact) mass is 268 g/mol. The van der Waals surface area contributed by atoms with Crippen LogP contribution in [0.3, 0.4) is 0 Å². The summed E-state index contributed by atoms with van der Waals surface area (Å²) in [6, 6.07) is 9.83. The van der Waals surface area contributed by atoms with Gasteiger partial charge in [-0.05, 0) is 25.1 Å². The van der Waals surface area contributed by atoms with Crippen LogP contribution in [0.2, 0.25) is 0 Å². The Labute approximate surface area is 116 Å². The van der Waals surface area contributed by atoms with E-state index in [0.717, 1.165) is 28.2 Å². The molecule has 1 amide bonds. The van der Waals surface area contributed by atoms with Gasteiger partial charge in [0.05, 0.1) is 11.7 Å². The van der Waals surface area contributed by atoms with E-state index in [2.05, 4.69) is 15.3 Å². The predicted molar refractivity (Wildman–Crippen MR) is 79.6 cm³/mol. The van der Waals surface area contributed by atoms with Crippen molar-refractivity contribution < 1.29 is 4.79 Å². The standard InChI is InChI=1S/C15H16N4O/c16-6-3-7-17-15(20)13-8-11-10-4-1-2-5-12(10)19-14(11)9-18-13/h1-2,4-5,8-9,19H,3,6-7,16H2,(H,17,20). The highest BCUT2D eigenvalue weighted by Crippen LogP contribution is 2.24. The Morgan fingerprint density at radius 3 is 2.95 bits per heavy atom. The van der Waals surface area contributed by atoms with E-state index in [4.69, 9.17) is 5.73 Å². The molecule has 20 heavy (non-hydrogen) atoms. The molecule has 0 aliphatic rings. The predicted octanol–water partition coefficient (Wildman–Crippen LogP) is 1.79. The molecule has 0 aliphatic heterocycles. The molecule has 102 valence electrons. The molecule has 0 fully saturated rings. The summed E-state index contributed by atoms with van der Waals surface area (Å²) in [5.74, 6) is -0.161. The van der Waals surface area contributed by atoms with Crippen molar-refractivity contribution in [2.75, 3.05) is 13.1 Å². The summed E-state index contributed by atoms with van der Waals surface area (Å²) in [5.41, 5.74) is 7.82. The van der Waals surface area contributed by atoms with Gasteiger partial charge in [-0.15, -0.1) is 0 Å². The van der Waals surface area contributed by atoms with E-state index in [1.165, 1.54) is 0 Å². The van der Waals surface area contributed by atoms with Crippen LogP contribution in [0.4, 0.5) is 0 Å². The maximum Gasteiger partial charge on any atom is 0.269 e. The second-order valence-corrected chi connectivity index (χ2v) is 4.68. The van der Waals surface area contributed by atoms with Crippen molar-refractivity contribution in [2.24, 2.45) is 5.73 Å². The molecule has 2 aromatic heterocycles. The lowest BCUT2D eigenvalue weighted by atomic mass is 10.1. The van der Waals surface area contributed by atoms with Gasteiger partial charge >= 0.3 is 0 Å². The molecule has 5 heteroatoms. The van der Waals surface area contributed by atoms with Gasteiger partial charge in [-0.3, -0.25) is 4.79 Å². The normalized spacial score (nSPS) is 11.1. The zero-order chi connectivity index (χ0) is 13.9. The number of benzene rings is 1. The van der Waals surface area contributed by atoms with Gasteiger partial charge in [0.15, 0.2) is 0 Å². The third-order valence-electron chi connectivity index (χ3n) is 3.29. The highest BCUT2D eigenvalue weighted by molar-refractivity contribution is 6.09. The number of carbonyl (C=O) groups excluding carboxylic acids is 1. The minimum Gasteiger partial charge on any atom is -0.353 e. The number of hydrogen-bond donors (Lipinski definition) is 3. The van der Waals surface area contributed by atoms with Crippen LogP contribution >= 0.6 is 0 Å². The van der Waals surface area contributed by atoms with Crippen molar-refractivity contribution in [1.82, 2.24) is 15.3 Å². The second kappa shape index (κ2) is 5.30. The average Bonchev–Trinajstić information content (AvgIpc) is 2.85. The van der Waals surface area contributed by atoms with Gasteiger partial charge in [0, 0.05) is 22.8 Å². The minimum atomic E-state index is -0.161. The van der Waals surface area contributed by atoms with E-state index >= 15 is 0 Å². The number of para-hydroxylation sites is 1. The summed E-state index contributed by atoms with van der Waals surface area (Å²) >= 11 is 0. The molecule has 0 aliphatic carbocycles. The molecule has 4 N–H and O–H groups in total. The highest BCUT2D eigenvalue weighted by Gasteiger charge is 2.10. The number of H-pyrrole nitrogens is 1. The molecule has 0 atom stereocenters. The summed E-state index contributed by atoms with van der Waals surface area (Å²) < 4.78 is 0. The van der Waals surface area contributed by atoms with Gasteiger partial charge in [-0.25, -0.2) is 4.98 Å². The molecule has 0 radical (unpaired) electrons. The largest absolute Gasteiger partial charge is 0.353 e. The molecule has 2 heterocycles. The summed E-state index contributed by atoms with van der Waals surface area (Å²) in [5, 5.41) is 4.92. The Hall–Kier alpha value is -2.40. The maximum atomic E-state index is 12.0. The van der Waals surface area contributed by atoms with Crippen molar-refractivity contribution in [3.63, 3.8) is 0 Å². The van der Waals surface area contributed by atoms with E-state index in [0.29, 0.717) is 18.8 Å². The maximum absolute atomic E-state index is 12.0. The lowest BCUT2D eigenvalue weighted by Crippen LogP contribution is -2.26. The number of pyridine rings is 1. The first-order chi connectivity index (χ1) is 9.79. The van der Waals surface area contributed by atoms with Crippen LogP contribution in [0.1, 0.15) is 16.9 Å². The Kier molecular flexibility index (Phi) is 3.35. The first-order valence-electron chi connectivity index (χ1n) is 6.64. The summed E-state index contributed by atoms with van der Waals surface area (Å²) in [4.78, 5) is 19.5. The van der Waals surface area contributed by atoms with Crippen LogP contribution < -0.4 is 11.1 Å². The van der Waals surface area contributed by atoms with Crippen LogP contribution in [-0.2, 0) is 0 Å². The third kappa shape index (κ3) is 2.23. The number of nitrogens with zero attached hydrogens (tertiary/aromatic N) is 1. The van der Waals surface area contributed by atoms with Crippen LogP contribution in [0.25, 0.3) is 21.8 Å². The van der Waals surface area contributed by atoms with Gasteiger partial charge in [-0.1, -0.05) is 18.2 Å². The van der Waals surface area contributed by atoms with Crippen LogP contribution in [0, 0.1) is 0 Å². The Morgan fingerprint density at radius 2 is 2.10 bits per heavy atom. The number of carbonyl (C=O) groups is 1. The van der Waals surface area contributed by atoms with Crippen molar-refractivity contribution in [3.05, 3.63) is 42.2 Å². The van der Waals surface area contributed by atoms with E-state index in [1.807, 2.05) is 30.3 Å². The second-order valence-electron chi connectivity index (χ2n) is 4.68. The van der Waals surface area contributed by atoms with Crippen molar-refractivity contribution in [3.8, 4) is 0 Å². The molecule has 3 aromatic rings. The number of nitrogens with one attached hydrogen (secondary N) is 2. The zero-order valence-corrected chi connectivity index (χ0v) is 11.0. The lowest BCUT2D eigenvalue weighted by molar-refractivity contribution is 0.0948. The fourth-order valence-corrected chi connectivity index (χ4v) is 2.27. The minimum absolute atomic E-state index is 0.161. The third-order valence-corrected chi connectivity index (χ3v) is 3.29. The lowest BCUT2D eigenvalue weighted by Gasteiger charge is -2.03. The van der Waals surface area contributed by atoms with Crippen LogP contribution in [0.5, 0.6) is 0 Å². The Balaban J connectivity index is 1.97. The molecular weight excluding hydrogens is 252 g/mol. The van der Waals surface area contributed by atoms with Crippen LogP contribution in [-0.4, -0.2) is 29.0 Å². The van der Waals surface area contributed by atoms with E-state index in [9.17, 15) is 4.79 Å². The number of amides is 1. The Bertz CT molecular complexity index is 763. The van der Waals surface area contributed by atoms with Gasteiger partial charge < -0.3 is 16.0 Å². The van der Waals surface area contributed by atoms with E-state index < -0.39 is 0 Å². The van der Waals surface area contributed by atoms with E-state index in [1.54, 1.807) is 6.20 Å². The van der Waals surface area contributed by atoms with Crippen molar-refractivity contribution >= 4 is 27.7 Å². The van der Waals surface area contributed by atoms with Crippen molar-refractivity contribution in [1.29, 1.82) is 0 Å². The molecule has 0 saturated heterocycles.